The predicted octanol–water partition coefficient (Wildman–Crippen LogP) is 3.02. The molecule has 2 rings (SSSR count). The molecule has 0 saturated heterocycles. The molecule has 0 fully saturated rings. The standard InChI is InChI=1S/C17H21ClN2O5/c1-8-12(15(22)25-17(2,3)4)13(20-16(23)19-8)9-6-10(18)14(21)11(7-9)24-5/h6-7,13,21H,1-5H3,(H2,19,20,23). The van der Waals surface area contributed by atoms with Crippen molar-refractivity contribution >= 4 is 23.6 Å². The molecular formula is C17H21ClN2O5. The summed E-state index contributed by atoms with van der Waals surface area (Å²) in [5.41, 5.74) is 0.417. The summed E-state index contributed by atoms with van der Waals surface area (Å²) in [4.78, 5) is 24.5. The first-order valence-electron chi connectivity index (χ1n) is 7.61. The molecule has 25 heavy (non-hydrogen) atoms. The van der Waals surface area contributed by atoms with Gasteiger partial charge in [0.1, 0.15) is 5.60 Å². The highest BCUT2D eigenvalue weighted by molar-refractivity contribution is 6.32. The van der Waals surface area contributed by atoms with E-state index >= 15 is 0 Å². The second kappa shape index (κ2) is 6.84. The van der Waals surface area contributed by atoms with Gasteiger partial charge in [-0.2, -0.15) is 0 Å². The zero-order valence-corrected chi connectivity index (χ0v) is 15.4. The van der Waals surface area contributed by atoms with Gasteiger partial charge in [-0.3, -0.25) is 0 Å². The zero-order valence-electron chi connectivity index (χ0n) is 14.7. The SMILES string of the molecule is COc1cc(C2NC(=O)NC(C)=C2C(=O)OC(C)(C)C)cc(Cl)c1O. The van der Waals surface area contributed by atoms with Crippen LogP contribution < -0.4 is 15.4 Å². The highest BCUT2D eigenvalue weighted by atomic mass is 35.5. The van der Waals surface area contributed by atoms with E-state index in [2.05, 4.69) is 10.6 Å². The fourth-order valence-corrected chi connectivity index (χ4v) is 2.68. The van der Waals surface area contributed by atoms with Gasteiger partial charge in [-0.25, -0.2) is 9.59 Å². The molecule has 1 aromatic rings. The number of carbonyl (C=O) groups is 2. The number of esters is 1. The summed E-state index contributed by atoms with van der Waals surface area (Å²) in [6.45, 7) is 6.88. The van der Waals surface area contributed by atoms with E-state index in [-0.39, 0.29) is 22.1 Å². The molecule has 0 radical (unpaired) electrons. The maximum atomic E-state index is 12.6. The van der Waals surface area contributed by atoms with Crippen molar-refractivity contribution in [2.24, 2.45) is 0 Å². The lowest BCUT2D eigenvalue weighted by molar-refractivity contribution is -0.150. The molecule has 0 aliphatic carbocycles. The van der Waals surface area contributed by atoms with Gasteiger partial charge in [-0.15, -0.1) is 0 Å². The number of ether oxygens (including phenoxy) is 2. The summed E-state index contributed by atoms with van der Waals surface area (Å²) in [6.07, 6.45) is 0. The van der Waals surface area contributed by atoms with Crippen LogP contribution in [0.2, 0.25) is 5.02 Å². The fourth-order valence-electron chi connectivity index (χ4n) is 2.46. The Labute approximate surface area is 150 Å². The first-order chi connectivity index (χ1) is 11.5. The number of amides is 2. The Hall–Kier alpha value is -2.41. The summed E-state index contributed by atoms with van der Waals surface area (Å²) < 4.78 is 10.5. The van der Waals surface area contributed by atoms with E-state index in [0.29, 0.717) is 11.3 Å². The highest BCUT2D eigenvalue weighted by Gasteiger charge is 2.34. The van der Waals surface area contributed by atoms with Gasteiger partial charge in [0.2, 0.25) is 0 Å². The quantitative estimate of drug-likeness (QED) is 0.712. The number of urea groups is 1. The Bertz CT molecular complexity index is 752. The summed E-state index contributed by atoms with van der Waals surface area (Å²) in [6, 6.07) is 1.72. The van der Waals surface area contributed by atoms with Crippen LogP contribution in [0.25, 0.3) is 0 Å². The summed E-state index contributed by atoms with van der Waals surface area (Å²) in [5, 5.41) is 15.2. The van der Waals surface area contributed by atoms with E-state index in [1.54, 1.807) is 27.7 Å². The van der Waals surface area contributed by atoms with Gasteiger partial charge in [-0.1, -0.05) is 11.6 Å². The minimum absolute atomic E-state index is 0.0447. The van der Waals surface area contributed by atoms with Gasteiger partial charge < -0.3 is 25.2 Å². The number of benzene rings is 1. The number of rotatable bonds is 3. The summed E-state index contributed by atoms with van der Waals surface area (Å²) >= 11 is 6.03. The molecule has 1 heterocycles. The minimum Gasteiger partial charge on any atom is -0.503 e. The van der Waals surface area contributed by atoms with E-state index in [1.165, 1.54) is 19.2 Å². The van der Waals surface area contributed by atoms with E-state index in [0.717, 1.165) is 0 Å². The summed E-state index contributed by atoms with van der Waals surface area (Å²) in [5.74, 6) is -0.644. The van der Waals surface area contributed by atoms with Crippen LogP contribution in [0.5, 0.6) is 11.5 Å². The Morgan fingerprint density at radius 1 is 1.32 bits per heavy atom. The molecule has 8 heteroatoms. The molecule has 2 amide bonds. The van der Waals surface area contributed by atoms with Crippen molar-refractivity contribution < 1.29 is 24.2 Å². The third-order valence-corrected chi connectivity index (χ3v) is 3.78. The van der Waals surface area contributed by atoms with Crippen molar-refractivity contribution in [3.8, 4) is 11.5 Å². The number of halogens is 1. The van der Waals surface area contributed by atoms with Gasteiger partial charge in [0.15, 0.2) is 11.5 Å². The van der Waals surface area contributed by atoms with Crippen LogP contribution in [-0.2, 0) is 9.53 Å². The van der Waals surface area contributed by atoms with Crippen molar-refractivity contribution in [1.82, 2.24) is 10.6 Å². The molecule has 0 aromatic heterocycles. The maximum Gasteiger partial charge on any atom is 0.338 e. The number of carbonyl (C=O) groups excluding carboxylic acids is 2. The van der Waals surface area contributed by atoms with Crippen molar-refractivity contribution in [2.45, 2.75) is 39.3 Å². The first kappa shape index (κ1) is 18.9. The number of methoxy groups -OCH3 is 1. The topological polar surface area (TPSA) is 96.9 Å². The molecule has 136 valence electrons. The predicted molar refractivity (Wildman–Crippen MR) is 92.6 cm³/mol. The molecule has 1 aliphatic heterocycles. The van der Waals surface area contributed by atoms with Gasteiger partial charge >= 0.3 is 12.0 Å². The van der Waals surface area contributed by atoms with Crippen LogP contribution in [-0.4, -0.2) is 29.8 Å². The van der Waals surface area contributed by atoms with Crippen molar-refractivity contribution in [3.05, 3.63) is 34.0 Å². The maximum absolute atomic E-state index is 12.6. The average Bonchev–Trinajstić information content (AvgIpc) is 2.47. The van der Waals surface area contributed by atoms with Gasteiger partial charge in [0.25, 0.3) is 0 Å². The van der Waals surface area contributed by atoms with Crippen LogP contribution in [0, 0.1) is 0 Å². The number of phenols is 1. The third kappa shape index (κ3) is 4.17. The molecule has 0 saturated carbocycles. The van der Waals surface area contributed by atoms with Crippen LogP contribution in [0.1, 0.15) is 39.3 Å². The number of hydrogen-bond acceptors (Lipinski definition) is 5. The molecule has 0 bridgehead atoms. The molecule has 7 nitrogen and oxygen atoms in total. The number of phenolic OH excluding ortho intramolecular Hbond substituents is 1. The Balaban J connectivity index is 2.53. The van der Waals surface area contributed by atoms with Crippen LogP contribution >= 0.6 is 11.6 Å². The minimum atomic E-state index is -0.796. The molecule has 0 spiro atoms. The third-order valence-electron chi connectivity index (χ3n) is 3.49. The Kier molecular flexibility index (Phi) is 5.17. The molecule has 1 unspecified atom stereocenters. The van der Waals surface area contributed by atoms with E-state index in [4.69, 9.17) is 21.1 Å². The Morgan fingerprint density at radius 2 is 1.96 bits per heavy atom. The smallest absolute Gasteiger partial charge is 0.338 e. The van der Waals surface area contributed by atoms with Gasteiger partial charge in [0, 0.05) is 5.70 Å². The monoisotopic (exact) mass is 368 g/mol. The molecule has 1 aliphatic rings. The highest BCUT2D eigenvalue weighted by Crippen LogP contribution is 2.39. The van der Waals surface area contributed by atoms with Crippen molar-refractivity contribution in [2.75, 3.05) is 7.11 Å². The van der Waals surface area contributed by atoms with Gasteiger partial charge in [-0.05, 0) is 45.4 Å². The van der Waals surface area contributed by atoms with Crippen molar-refractivity contribution in [1.29, 1.82) is 0 Å². The number of hydrogen-bond donors (Lipinski definition) is 3. The average molecular weight is 369 g/mol. The van der Waals surface area contributed by atoms with Crippen LogP contribution in [0.15, 0.2) is 23.4 Å². The van der Waals surface area contributed by atoms with Crippen LogP contribution in [0.4, 0.5) is 4.79 Å². The second-order valence-corrected chi connectivity index (χ2v) is 7.03. The molecule has 1 atom stereocenters. The number of aromatic hydroxyl groups is 1. The lowest BCUT2D eigenvalue weighted by Crippen LogP contribution is -2.46. The van der Waals surface area contributed by atoms with E-state index in [9.17, 15) is 14.7 Å². The fraction of sp³-hybridized carbons (Fsp3) is 0.412. The van der Waals surface area contributed by atoms with E-state index in [1.807, 2.05) is 0 Å². The first-order valence-corrected chi connectivity index (χ1v) is 7.99. The number of allylic oxidation sites excluding steroid dienone is 1. The molecular weight excluding hydrogens is 348 g/mol. The normalized spacial score (nSPS) is 17.7. The largest absolute Gasteiger partial charge is 0.503 e. The van der Waals surface area contributed by atoms with Gasteiger partial charge in [0.05, 0.1) is 23.7 Å². The lowest BCUT2D eigenvalue weighted by Gasteiger charge is -2.30. The summed E-state index contributed by atoms with van der Waals surface area (Å²) in [7, 11) is 1.38. The molecule has 1 aromatic carbocycles. The molecule has 3 N–H and O–H groups in total. The van der Waals surface area contributed by atoms with Crippen molar-refractivity contribution in [3.63, 3.8) is 0 Å². The lowest BCUT2D eigenvalue weighted by atomic mass is 9.95. The van der Waals surface area contributed by atoms with E-state index < -0.39 is 23.6 Å². The van der Waals surface area contributed by atoms with Crippen LogP contribution in [0.3, 0.4) is 0 Å². The zero-order chi connectivity index (χ0) is 18.9. The number of nitrogens with one attached hydrogen (secondary N) is 2. The second-order valence-electron chi connectivity index (χ2n) is 6.63. The Morgan fingerprint density at radius 3 is 2.52 bits per heavy atom.